The van der Waals surface area contributed by atoms with E-state index in [4.69, 9.17) is 14.2 Å². The van der Waals surface area contributed by atoms with E-state index < -0.39 is 0 Å². The van der Waals surface area contributed by atoms with Crippen LogP contribution >= 0.6 is 0 Å². The molecule has 0 saturated heterocycles. The molecule has 148 valence electrons. The molecule has 0 aliphatic heterocycles. The molecule has 0 N–H and O–H groups in total. The fourth-order valence-corrected chi connectivity index (χ4v) is 2.13. The van der Waals surface area contributed by atoms with Gasteiger partial charge in [0.2, 0.25) is 0 Å². The van der Waals surface area contributed by atoms with E-state index in [1.807, 2.05) is 27.7 Å². The molecule has 0 radical (unpaired) electrons. The van der Waals surface area contributed by atoms with E-state index in [9.17, 15) is 9.59 Å². The highest BCUT2D eigenvalue weighted by Crippen LogP contribution is 2.03. The van der Waals surface area contributed by atoms with Crippen molar-refractivity contribution in [3.05, 3.63) is 0 Å². The molecule has 0 saturated carbocycles. The van der Waals surface area contributed by atoms with Gasteiger partial charge in [-0.2, -0.15) is 0 Å². The number of carbonyl (C=O) groups excluding carboxylic acids is 2. The fourth-order valence-electron chi connectivity index (χ4n) is 2.13. The van der Waals surface area contributed by atoms with Crippen molar-refractivity contribution in [2.45, 2.75) is 78.7 Å². The molecule has 0 aliphatic carbocycles. The Labute approximate surface area is 153 Å². The predicted molar refractivity (Wildman–Crippen MR) is 99.9 cm³/mol. The van der Waals surface area contributed by atoms with Crippen LogP contribution in [0.25, 0.3) is 0 Å². The SMILES string of the molecule is CC(C)OCC(=O)CCCOCCCCCOCCCC(=O)C(C)C. The van der Waals surface area contributed by atoms with Gasteiger partial charge in [0.15, 0.2) is 5.78 Å². The molecular weight excluding hydrogens is 320 g/mol. The van der Waals surface area contributed by atoms with Crippen molar-refractivity contribution in [2.75, 3.05) is 33.0 Å². The number of ketones is 2. The van der Waals surface area contributed by atoms with Gasteiger partial charge in [-0.1, -0.05) is 13.8 Å². The van der Waals surface area contributed by atoms with Crippen molar-refractivity contribution in [1.82, 2.24) is 0 Å². The van der Waals surface area contributed by atoms with Gasteiger partial charge in [-0.15, -0.1) is 0 Å². The Kier molecular flexibility index (Phi) is 16.2. The monoisotopic (exact) mass is 358 g/mol. The second-order valence-electron chi connectivity index (χ2n) is 7.01. The Morgan fingerprint density at radius 1 is 0.720 bits per heavy atom. The lowest BCUT2D eigenvalue weighted by Gasteiger charge is -2.07. The lowest BCUT2D eigenvalue weighted by atomic mass is 10.1. The second kappa shape index (κ2) is 16.7. The molecule has 0 rings (SSSR count). The van der Waals surface area contributed by atoms with Gasteiger partial charge in [-0.05, 0) is 46.0 Å². The van der Waals surface area contributed by atoms with E-state index >= 15 is 0 Å². The molecule has 0 heterocycles. The van der Waals surface area contributed by atoms with Gasteiger partial charge in [0.1, 0.15) is 12.4 Å². The molecule has 0 aromatic rings. The Balaban J connectivity index is 3.19. The number of hydrogen-bond donors (Lipinski definition) is 0. The minimum absolute atomic E-state index is 0.103. The van der Waals surface area contributed by atoms with Crippen LogP contribution in [-0.2, 0) is 23.8 Å². The van der Waals surface area contributed by atoms with E-state index in [1.54, 1.807) is 0 Å². The summed E-state index contributed by atoms with van der Waals surface area (Å²) in [6, 6.07) is 0. The van der Waals surface area contributed by atoms with Gasteiger partial charge in [0.25, 0.3) is 0 Å². The average molecular weight is 359 g/mol. The summed E-state index contributed by atoms with van der Waals surface area (Å²) >= 11 is 0. The maximum atomic E-state index is 11.5. The molecule has 5 nitrogen and oxygen atoms in total. The fraction of sp³-hybridized carbons (Fsp3) is 0.900. The third-order valence-electron chi connectivity index (χ3n) is 3.76. The van der Waals surface area contributed by atoms with Crippen molar-refractivity contribution in [3.63, 3.8) is 0 Å². The van der Waals surface area contributed by atoms with Crippen LogP contribution in [0.15, 0.2) is 0 Å². The molecule has 0 fully saturated rings. The average Bonchev–Trinajstić information content (AvgIpc) is 2.56. The molecule has 25 heavy (non-hydrogen) atoms. The van der Waals surface area contributed by atoms with Gasteiger partial charge < -0.3 is 14.2 Å². The Hall–Kier alpha value is -0.780. The molecule has 0 unspecified atom stereocenters. The molecule has 0 aromatic carbocycles. The van der Waals surface area contributed by atoms with E-state index in [0.29, 0.717) is 31.8 Å². The first-order valence-electron chi connectivity index (χ1n) is 9.75. The summed E-state index contributed by atoms with van der Waals surface area (Å²) in [6.45, 7) is 10.7. The zero-order valence-corrected chi connectivity index (χ0v) is 16.7. The van der Waals surface area contributed by atoms with Crippen LogP contribution in [0, 0.1) is 5.92 Å². The molecule has 0 amide bonds. The van der Waals surface area contributed by atoms with Crippen molar-refractivity contribution in [3.8, 4) is 0 Å². The summed E-state index contributed by atoms with van der Waals surface area (Å²) in [6.07, 6.45) is 5.95. The largest absolute Gasteiger partial charge is 0.381 e. The van der Waals surface area contributed by atoms with Crippen LogP contribution in [0.4, 0.5) is 0 Å². The Morgan fingerprint density at radius 2 is 1.24 bits per heavy atom. The highest BCUT2D eigenvalue weighted by Gasteiger charge is 2.06. The highest BCUT2D eigenvalue weighted by molar-refractivity contribution is 5.80. The predicted octanol–water partition coefficient (Wildman–Crippen LogP) is 3.97. The first-order valence-corrected chi connectivity index (χ1v) is 9.75. The summed E-state index contributed by atoms with van der Waals surface area (Å²) < 4.78 is 16.3. The van der Waals surface area contributed by atoms with Crippen LogP contribution < -0.4 is 0 Å². The zero-order valence-electron chi connectivity index (χ0n) is 16.7. The normalized spacial score (nSPS) is 11.4. The number of ether oxygens (including phenoxy) is 3. The van der Waals surface area contributed by atoms with Crippen LogP contribution in [-0.4, -0.2) is 50.7 Å². The first-order chi connectivity index (χ1) is 11.9. The van der Waals surface area contributed by atoms with E-state index in [2.05, 4.69) is 0 Å². The second-order valence-corrected chi connectivity index (χ2v) is 7.01. The summed E-state index contributed by atoms with van der Waals surface area (Å²) in [5.74, 6) is 0.589. The van der Waals surface area contributed by atoms with Crippen molar-refractivity contribution < 1.29 is 23.8 Å². The quantitative estimate of drug-likeness (QED) is 0.347. The maximum Gasteiger partial charge on any atom is 0.158 e. The molecule has 0 spiro atoms. The molecule has 0 atom stereocenters. The number of carbonyl (C=O) groups is 2. The minimum atomic E-state index is 0.103. The minimum Gasteiger partial charge on any atom is -0.381 e. The molecular formula is C20H38O5. The van der Waals surface area contributed by atoms with E-state index in [-0.39, 0.29) is 24.4 Å². The van der Waals surface area contributed by atoms with Gasteiger partial charge in [-0.25, -0.2) is 0 Å². The lowest BCUT2D eigenvalue weighted by Crippen LogP contribution is -2.13. The van der Waals surface area contributed by atoms with Crippen molar-refractivity contribution in [1.29, 1.82) is 0 Å². The van der Waals surface area contributed by atoms with Crippen LogP contribution in [0.3, 0.4) is 0 Å². The van der Waals surface area contributed by atoms with Crippen LogP contribution in [0.1, 0.15) is 72.6 Å². The first kappa shape index (κ1) is 24.2. The van der Waals surface area contributed by atoms with Crippen molar-refractivity contribution in [2.24, 2.45) is 5.92 Å². The summed E-state index contributed by atoms with van der Waals surface area (Å²) in [5.41, 5.74) is 0. The van der Waals surface area contributed by atoms with Gasteiger partial charge in [-0.3, -0.25) is 9.59 Å². The highest BCUT2D eigenvalue weighted by atomic mass is 16.5. The number of Topliss-reactive ketones (excluding diaryl/α,β-unsaturated/α-hetero) is 2. The summed E-state index contributed by atoms with van der Waals surface area (Å²) in [5, 5.41) is 0. The number of unbranched alkanes of at least 4 members (excludes halogenated alkanes) is 2. The zero-order chi connectivity index (χ0) is 18.9. The third-order valence-corrected chi connectivity index (χ3v) is 3.76. The summed E-state index contributed by atoms with van der Waals surface area (Å²) in [4.78, 5) is 22.9. The topological polar surface area (TPSA) is 61.8 Å². The van der Waals surface area contributed by atoms with E-state index in [0.717, 1.165) is 45.3 Å². The Morgan fingerprint density at radius 3 is 1.76 bits per heavy atom. The van der Waals surface area contributed by atoms with Crippen LogP contribution in [0.5, 0.6) is 0 Å². The summed E-state index contributed by atoms with van der Waals surface area (Å²) in [7, 11) is 0. The maximum absolute atomic E-state index is 11.5. The van der Waals surface area contributed by atoms with Gasteiger partial charge in [0, 0.05) is 45.2 Å². The van der Waals surface area contributed by atoms with Gasteiger partial charge in [0.05, 0.1) is 6.10 Å². The number of rotatable bonds is 18. The third kappa shape index (κ3) is 17.8. The lowest BCUT2D eigenvalue weighted by molar-refractivity contribution is -0.125. The van der Waals surface area contributed by atoms with E-state index in [1.165, 1.54) is 0 Å². The molecule has 0 aromatic heterocycles. The smallest absolute Gasteiger partial charge is 0.158 e. The Bertz CT molecular complexity index is 339. The standard InChI is InChI=1S/C20H38O5/c1-17(2)20(22)11-9-15-24-13-7-5-6-12-23-14-8-10-19(21)16-25-18(3)4/h17-18H,5-16H2,1-4H3. The van der Waals surface area contributed by atoms with Crippen LogP contribution in [0.2, 0.25) is 0 Å². The van der Waals surface area contributed by atoms with Gasteiger partial charge >= 0.3 is 0 Å². The van der Waals surface area contributed by atoms with Crippen molar-refractivity contribution >= 4 is 11.6 Å². The molecule has 0 aliphatic rings. The number of hydrogen-bond acceptors (Lipinski definition) is 5. The molecule has 0 bridgehead atoms. The molecule has 5 heteroatoms.